The van der Waals surface area contributed by atoms with Crippen molar-refractivity contribution in [2.45, 2.75) is 59.0 Å². The minimum absolute atomic E-state index is 0.111. The van der Waals surface area contributed by atoms with Crippen molar-refractivity contribution in [3.8, 4) is 5.75 Å². The second kappa shape index (κ2) is 10.0. The van der Waals surface area contributed by atoms with E-state index in [-0.39, 0.29) is 12.0 Å². The molecular weight excluding hydrogens is 364 g/mol. The number of carbonyl (C=O) groups excluding carboxylic acids is 1. The van der Waals surface area contributed by atoms with Crippen molar-refractivity contribution in [2.24, 2.45) is 0 Å². The van der Waals surface area contributed by atoms with Crippen molar-refractivity contribution in [3.63, 3.8) is 0 Å². The first-order valence-corrected chi connectivity index (χ1v) is 10.3. The molecule has 1 aliphatic rings. The fraction of sp³-hybridized carbons (Fsp3) is 0.435. The largest absolute Gasteiger partial charge is 0.491 e. The highest BCUT2D eigenvalue weighted by Gasteiger charge is 2.12. The molecule has 0 atom stereocenters. The van der Waals surface area contributed by atoms with Gasteiger partial charge in [0.05, 0.1) is 6.10 Å². The van der Waals surface area contributed by atoms with Crippen LogP contribution >= 0.6 is 0 Å². The maximum absolute atomic E-state index is 12.6. The zero-order valence-electron chi connectivity index (χ0n) is 17.5. The van der Waals surface area contributed by atoms with Gasteiger partial charge < -0.3 is 15.4 Å². The number of aromatic nitrogens is 2. The summed E-state index contributed by atoms with van der Waals surface area (Å²) in [7, 11) is 0. The minimum atomic E-state index is -0.258. The van der Waals surface area contributed by atoms with Crippen molar-refractivity contribution < 1.29 is 9.53 Å². The Morgan fingerprint density at radius 2 is 1.97 bits per heavy atom. The molecule has 0 bridgehead atoms. The third kappa shape index (κ3) is 6.59. The second-order valence-corrected chi connectivity index (χ2v) is 7.65. The Bertz CT molecular complexity index is 860. The molecule has 29 heavy (non-hydrogen) atoms. The molecule has 0 unspecified atom stereocenters. The number of ether oxygens (including phenoxy) is 1. The summed E-state index contributed by atoms with van der Waals surface area (Å²) < 4.78 is 5.63. The number of aryl methyl sites for hydroxylation is 1. The lowest BCUT2D eigenvalue weighted by atomic mass is 9.97. The van der Waals surface area contributed by atoms with Gasteiger partial charge in [-0.15, -0.1) is 0 Å². The molecule has 0 saturated carbocycles. The highest BCUT2D eigenvalue weighted by molar-refractivity contribution is 6.03. The average molecular weight is 395 g/mol. The standard InChI is InChI=1S/C23H30N4O2/c1-16(2)29-20-11-9-19(10-12-20)26-22(28)21-15-17(3)25-23(27-21)24-14-13-18-7-5-4-6-8-18/h7,9-12,15-16H,4-6,8,13-14H2,1-3H3,(H,26,28)(H,24,25,27). The molecule has 0 radical (unpaired) electrons. The van der Waals surface area contributed by atoms with E-state index in [9.17, 15) is 4.79 Å². The van der Waals surface area contributed by atoms with Crippen molar-refractivity contribution in [1.29, 1.82) is 0 Å². The lowest BCUT2D eigenvalue weighted by molar-refractivity contribution is 0.102. The van der Waals surface area contributed by atoms with E-state index in [1.807, 2.05) is 45.0 Å². The van der Waals surface area contributed by atoms with Gasteiger partial charge in [-0.25, -0.2) is 9.97 Å². The first kappa shape index (κ1) is 20.8. The van der Waals surface area contributed by atoms with E-state index in [0.29, 0.717) is 17.3 Å². The molecule has 2 aromatic rings. The fourth-order valence-electron chi connectivity index (χ4n) is 3.31. The lowest BCUT2D eigenvalue weighted by Gasteiger charge is -2.13. The van der Waals surface area contributed by atoms with Gasteiger partial charge >= 0.3 is 0 Å². The number of nitrogens with one attached hydrogen (secondary N) is 2. The average Bonchev–Trinajstić information content (AvgIpc) is 2.69. The molecule has 1 heterocycles. The second-order valence-electron chi connectivity index (χ2n) is 7.65. The summed E-state index contributed by atoms with van der Waals surface area (Å²) in [5, 5.41) is 6.14. The maximum Gasteiger partial charge on any atom is 0.274 e. The predicted molar refractivity (Wildman–Crippen MR) is 117 cm³/mol. The van der Waals surface area contributed by atoms with E-state index in [1.54, 1.807) is 6.07 Å². The Labute approximate surface area is 172 Å². The lowest BCUT2D eigenvalue weighted by Crippen LogP contribution is -2.16. The van der Waals surface area contributed by atoms with Crippen LogP contribution in [0.2, 0.25) is 0 Å². The number of amides is 1. The van der Waals surface area contributed by atoms with E-state index in [2.05, 4.69) is 26.7 Å². The van der Waals surface area contributed by atoms with Gasteiger partial charge in [0.15, 0.2) is 0 Å². The Kier molecular flexibility index (Phi) is 7.22. The maximum atomic E-state index is 12.6. The van der Waals surface area contributed by atoms with Crippen LogP contribution in [0.15, 0.2) is 42.0 Å². The van der Waals surface area contributed by atoms with Gasteiger partial charge in [0.1, 0.15) is 11.4 Å². The Morgan fingerprint density at radius 1 is 1.17 bits per heavy atom. The molecule has 1 aromatic heterocycles. The molecule has 1 amide bonds. The Morgan fingerprint density at radius 3 is 2.66 bits per heavy atom. The number of hydrogen-bond acceptors (Lipinski definition) is 5. The van der Waals surface area contributed by atoms with Gasteiger partial charge in [0.2, 0.25) is 5.95 Å². The van der Waals surface area contributed by atoms with Gasteiger partial charge in [-0.1, -0.05) is 11.6 Å². The smallest absolute Gasteiger partial charge is 0.274 e. The molecule has 154 valence electrons. The van der Waals surface area contributed by atoms with Crippen LogP contribution < -0.4 is 15.4 Å². The molecule has 6 nitrogen and oxygen atoms in total. The number of benzene rings is 1. The molecule has 0 spiro atoms. The Hall–Kier alpha value is -2.89. The number of allylic oxidation sites excluding steroid dienone is 1. The van der Waals surface area contributed by atoms with Crippen LogP contribution in [0.5, 0.6) is 5.75 Å². The number of anilines is 2. The van der Waals surface area contributed by atoms with Crippen molar-refractivity contribution in [1.82, 2.24) is 9.97 Å². The van der Waals surface area contributed by atoms with Gasteiger partial charge in [-0.05, 0) is 83.2 Å². The van der Waals surface area contributed by atoms with Crippen LogP contribution in [-0.2, 0) is 0 Å². The van der Waals surface area contributed by atoms with Gasteiger partial charge in [-0.3, -0.25) is 4.79 Å². The van der Waals surface area contributed by atoms with Gasteiger partial charge in [0, 0.05) is 17.9 Å². The molecule has 3 rings (SSSR count). The van der Waals surface area contributed by atoms with Gasteiger partial charge in [0.25, 0.3) is 5.91 Å². The first-order chi connectivity index (χ1) is 14.0. The third-order valence-electron chi connectivity index (χ3n) is 4.69. The third-order valence-corrected chi connectivity index (χ3v) is 4.69. The summed E-state index contributed by atoms with van der Waals surface area (Å²) >= 11 is 0. The monoisotopic (exact) mass is 394 g/mol. The highest BCUT2D eigenvalue weighted by Crippen LogP contribution is 2.20. The number of rotatable bonds is 8. The first-order valence-electron chi connectivity index (χ1n) is 10.3. The van der Waals surface area contributed by atoms with E-state index in [0.717, 1.165) is 24.4 Å². The summed E-state index contributed by atoms with van der Waals surface area (Å²) in [5.74, 6) is 1.01. The molecular formula is C23H30N4O2. The molecule has 0 aliphatic heterocycles. The fourth-order valence-corrected chi connectivity index (χ4v) is 3.31. The zero-order valence-corrected chi connectivity index (χ0v) is 17.5. The summed E-state index contributed by atoms with van der Waals surface area (Å²) in [6, 6.07) is 9.02. The summed E-state index contributed by atoms with van der Waals surface area (Å²) in [4.78, 5) is 21.4. The summed E-state index contributed by atoms with van der Waals surface area (Å²) in [5.41, 5.74) is 3.30. The molecule has 6 heteroatoms. The SMILES string of the molecule is Cc1cc(C(=O)Nc2ccc(OC(C)C)cc2)nc(NCCC2=CCCCC2)n1. The minimum Gasteiger partial charge on any atom is -0.491 e. The summed E-state index contributed by atoms with van der Waals surface area (Å²) in [6.45, 7) is 6.59. The van der Waals surface area contributed by atoms with Crippen LogP contribution in [0.3, 0.4) is 0 Å². The predicted octanol–water partition coefficient (Wildman–Crippen LogP) is 5.13. The van der Waals surface area contributed by atoms with E-state index in [4.69, 9.17) is 4.74 Å². The topological polar surface area (TPSA) is 76.1 Å². The number of hydrogen-bond donors (Lipinski definition) is 2. The molecule has 1 aromatic carbocycles. The van der Waals surface area contributed by atoms with Crippen LogP contribution in [0.4, 0.5) is 11.6 Å². The molecule has 0 fully saturated rings. The number of carbonyl (C=O) groups is 1. The molecule has 1 aliphatic carbocycles. The van der Waals surface area contributed by atoms with E-state index in [1.165, 1.54) is 31.3 Å². The van der Waals surface area contributed by atoms with Crippen LogP contribution in [0.25, 0.3) is 0 Å². The molecule has 2 N–H and O–H groups in total. The van der Waals surface area contributed by atoms with Crippen LogP contribution in [0.1, 0.15) is 62.1 Å². The highest BCUT2D eigenvalue weighted by atomic mass is 16.5. The quantitative estimate of drug-likeness (QED) is 0.607. The van der Waals surface area contributed by atoms with E-state index < -0.39 is 0 Å². The Balaban J connectivity index is 1.59. The van der Waals surface area contributed by atoms with Crippen molar-refractivity contribution in [3.05, 3.63) is 53.4 Å². The van der Waals surface area contributed by atoms with Gasteiger partial charge in [-0.2, -0.15) is 0 Å². The van der Waals surface area contributed by atoms with E-state index >= 15 is 0 Å². The van der Waals surface area contributed by atoms with Crippen LogP contribution in [-0.4, -0.2) is 28.5 Å². The normalized spacial score (nSPS) is 13.7. The van der Waals surface area contributed by atoms with Crippen molar-refractivity contribution >= 4 is 17.5 Å². The number of nitrogens with zero attached hydrogens (tertiary/aromatic N) is 2. The van der Waals surface area contributed by atoms with Crippen LogP contribution in [0, 0.1) is 6.92 Å². The van der Waals surface area contributed by atoms with Crippen molar-refractivity contribution in [2.75, 3.05) is 17.2 Å². The summed E-state index contributed by atoms with van der Waals surface area (Å²) in [6.07, 6.45) is 8.39. The molecule has 0 saturated heterocycles. The zero-order chi connectivity index (χ0) is 20.6.